The van der Waals surface area contributed by atoms with Crippen LogP contribution < -0.4 is 5.32 Å². The maximum Gasteiger partial charge on any atom is 0.306 e. The molecular weight excluding hydrogens is 839 g/mol. The van der Waals surface area contributed by atoms with Gasteiger partial charge in [0, 0.05) is 6.42 Å². The molecule has 0 radical (unpaired) electrons. The first-order valence-electron chi connectivity index (χ1n) is 29.9. The van der Waals surface area contributed by atoms with Crippen LogP contribution in [0.1, 0.15) is 310 Å². The van der Waals surface area contributed by atoms with Gasteiger partial charge >= 0.3 is 5.97 Å². The highest BCUT2D eigenvalue weighted by Gasteiger charge is 2.24. The van der Waals surface area contributed by atoms with Crippen molar-refractivity contribution in [3.63, 3.8) is 0 Å². The summed E-state index contributed by atoms with van der Waals surface area (Å²) in [6.07, 6.45) is 68.9. The van der Waals surface area contributed by atoms with Crippen LogP contribution in [0.5, 0.6) is 0 Å². The van der Waals surface area contributed by atoms with Crippen molar-refractivity contribution in [3.05, 3.63) is 48.6 Å². The first kappa shape index (κ1) is 65.8. The Morgan fingerprint density at radius 2 is 0.794 bits per heavy atom. The normalized spacial score (nSPS) is 13.4. The van der Waals surface area contributed by atoms with Gasteiger partial charge in [0.25, 0.3) is 0 Å². The van der Waals surface area contributed by atoms with E-state index in [-0.39, 0.29) is 24.9 Å². The van der Waals surface area contributed by atoms with Gasteiger partial charge in [-0.25, -0.2) is 0 Å². The number of allylic oxidation sites excluding steroid dienone is 8. The van der Waals surface area contributed by atoms with Crippen molar-refractivity contribution in [3.8, 4) is 0 Å². The van der Waals surface area contributed by atoms with Gasteiger partial charge in [-0.3, -0.25) is 9.59 Å². The van der Waals surface area contributed by atoms with Gasteiger partial charge in [-0.1, -0.05) is 262 Å². The van der Waals surface area contributed by atoms with Crippen LogP contribution in [0, 0.1) is 0 Å². The third kappa shape index (κ3) is 50.2. The number of aliphatic hydroxyl groups excluding tert-OH is 2. The third-order valence-corrected chi connectivity index (χ3v) is 13.7. The molecule has 1 amide bonds. The largest absolute Gasteiger partial charge is 0.462 e. The predicted octanol–water partition coefficient (Wildman–Crippen LogP) is 18.6. The van der Waals surface area contributed by atoms with E-state index in [4.69, 9.17) is 4.74 Å². The minimum atomic E-state index is -0.796. The van der Waals surface area contributed by atoms with Gasteiger partial charge in [0.1, 0.15) is 6.10 Å². The van der Waals surface area contributed by atoms with Gasteiger partial charge in [-0.15, -0.1) is 0 Å². The molecular formula is C62H115NO5. The van der Waals surface area contributed by atoms with E-state index in [1.54, 1.807) is 0 Å². The zero-order chi connectivity index (χ0) is 49.5. The van der Waals surface area contributed by atoms with Crippen LogP contribution in [-0.2, 0) is 14.3 Å². The van der Waals surface area contributed by atoms with Crippen molar-refractivity contribution in [1.29, 1.82) is 0 Å². The van der Waals surface area contributed by atoms with Gasteiger partial charge in [0.2, 0.25) is 5.91 Å². The molecule has 6 nitrogen and oxygen atoms in total. The Morgan fingerprint density at radius 1 is 0.441 bits per heavy atom. The second-order valence-corrected chi connectivity index (χ2v) is 20.4. The summed E-state index contributed by atoms with van der Waals surface area (Å²) in [4.78, 5) is 26.3. The van der Waals surface area contributed by atoms with E-state index >= 15 is 0 Å². The lowest BCUT2D eigenvalue weighted by molar-refractivity contribution is -0.151. The molecule has 0 bridgehead atoms. The fraction of sp³-hybridized carbons (Fsp3) is 0.839. The van der Waals surface area contributed by atoms with Crippen LogP contribution in [0.15, 0.2) is 48.6 Å². The fourth-order valence-corrected chi connectivity index (χ4v) is 9.10. The number of ether oxygens (including phenoxy) is 1. The number of rotatable bonds is 54. The van der Waals surface area contributed by atoms with E-state index in [1.165, 1.54) is 180 Å². The maximum atomic E-state index is 13.3. The van der Waals surface area contributed by atoms with Crippen LogP contribution in [0.4, 0.5) is 0 Å². The topological polar surface area (TPSA) is 95.9 Å². The van der Waals surface area contributed by atoms with Gasteiger partial charge < -0.3 is 20.3 Å². The number of hydrogen-bond acceptors (Lipinski definition) is 5. The molecule has 398 valence electrons. The first-order chi connectivity index (χ1) is 33.5. The fourth-order valence-electron chi connectivity index (χ4n) is 9.10. The molecule has 0 spiro atoms. The van der Waals surface area contributed by atoms with Crippen LogP contribution in [-0.4, -0.2) is 46.9 Å². The average Bonchev–Trinajstić information content (AvgIpc) is 3.33. The SMILES string of the molecule is CCCCC/C=C\C/C=C\CCCCCCCC(CC(=O)NC(CO)C(O)CCCCCCCCCCCCCCCCCC)OC(=O)CCCCCCC/C=C/C=C/CCCCCCCCC. The smallest absolute Gasteiger partial charge is 0.306 e. The van der Waals surface area contributed by atoms with E-state index < -0.39 is 18.2 Å². The second kappa shape index (κ2) is 55.7. The lowest BCUT2D eigenvalue weighted by Gasteiger charge is -2.24. The monoisotopic (exact) mass is 954 g/mol. The van der Waals surface area contributed by atoms with Gasteiger partial charge in [-0.2, -0.15) is 0 Å². The van der Waals surface area contributed by atoms with Crippen molar-refractivity contribution < 1.29 is 24.5 Å². The van der Waals surface area contributed by atoms with E-state index in [2.05, 4.69) is 74.7 Å². The molecule has 0 rings (SSSR count). The Bertz CT molecular complexity index is 1160. The lowest BCUT2D eigenvalue weighted by atomic mass is 10.0. The second-order valence-electron chi connectivity index (χ2n) is 20.4. The van der Waals surface area contributed by atoms with Crippen LogP contribution in [0.3, 0.4) is 0 Å². The zero-order valence-electron chi connectivity index (χ0n) is 45.5. The highest BCUT2D eigenvalue weighted by molar-refractivity contribution is 5.77. The molecule has 6 heteroatoms. The number of amides is 1. The van der Waals surface area contributed by atoms with E-state index in [0.717, 1.165) is 83.5 Å². The number of aliphatic hydroxyl groups is 2. The van der Waals surface area contributed by atoms with Crippen molar-refractivity contribution in [2.24, 2.45) is 0 Å². The number of carbonyl (C=O) groups is 2. The first-order valence-corrected chi connectivity index (χ1v) is 29.9. The molecule has 0 saturated carbocycles. The minimum Gasteiger partial charge on any atom is -0.462 e. The third-order valence-electron chi connectivity index (χ3n) is 13.7. The molecule has 68 heavy (non-hydrogen) atoms. The van der Waals surface area contributed by atoms with E-state index in [1.807, 2.05) is 0 Å². The quantitative estimate of drug-likeness (QED) is 0.0244. The summed E-state index contributed by atoms with van der Waals surface area (Å²) < 4.78 is 5.96. The molecule has 0 aromatic rings. The number of esters is 1. The molecule has 0 aromatic heterocycles. The predicted molar refractivity (Wildman–Crippen MR) is 296 cm³/mol. The Kier molecular flexibility index (Phi) is 54.0. The highest BCUT2D eigenvalue weighted by atomic mass is 16.5. The summed E-state index contributed by atoms with van der Waals surface area (Å²) in [6.45, 7) is 6.48. The number of carbonyl (C=O) groups excluding carboxylic acids is 2. The molecule has 3 unspecified atom stereocenters. The Hall–Kier alpha value is -2.18. The Labute approximate surface area is 423 Å². The molecule has 0 aliphatic heterocycles. The van der Waals surface area contributed by atoms with Crippen molar-refractivity contribution in [2.45, 2.75) is 328 Å². The molecule has 0 aliphatic rings. The summed E-state index contributed by atoms with van der Waals surface area (Å²) in [5, 5.41) is 23.9. The number of nitrogens with one attached hydrogen (secondary N) is 1. The summed E-state index contributed by atoms with van der Waals surface area (Å²) >= 11 is 0. The molecule has 0 aromatic carbocycles. The molecule has 0 aliphatic carbocycles. The van der Waals surface area contributed by atoms with Crippen molar-refractivity contribution in [1.82, 2.24) is 5.32 Å². The van der Waals surface area contributed by atoms with Gasteiger partial charge in [-0.05, 0) is 83.5 Å². The molecule has 3 N–H and O–H groups in total. The minimum absolute atomic E-state index is 0.0632. The van der Waals surface area contributed by atoms with Crippen LogP contribution >= 0.6 is 0 Å². The lowest BCUT2D eigenvalue weighted by Crippen LogP contribution is -2.46. The maximum absolute atomic E-state index is 13.3. The zero-order valence-corrected chi connectivity index (χ0v) is 45.5. The molecule has 0 fully saturated rings. The van der Waals surface area contributed by atoms with E-state index in [9.17, 15) is 19.8 Å². The summed E-state index contributed by atoms with van der Waals surface area (Å²) in [5.74, 6) is -0.494. The standard InChI is InChI=1S/C62H115NO5/c1-4-7-10-13-16-19-22-25-28-30-31-34-37-40-43-46-49-52-55-62(67)68-58(53-50-47-44-41-38-35-32-27-24-21-18-15-12-9-6-3)56-61(66)63-59(57-64)60(65)54-51-48-45-42-39-36-33-29-26-23-20-17-14-11-8-5-2/h18,21,27-28,30-32,34,58-60,64-65H,4-17,19-20,22-26,29,33,35-57H2,1-3H3,(H,63,66)/b21-18-,30-28+,32-27-,34-31+. The summed E-state index contributed by atoms with van der Waals surface area (Å²) in [5.41, 5.74) is 0. The van der Waals surface area contributed by atoms with E-state index in [0.29, 0.717) is 19.3 Å². The van der Waals surface area contributed by atoms with Crippen LogP contribution in [0.25, 0.3) is 0 Å². The highest BCUT2D eigenvalue weighted by Crippen LogP contribution is 2.18. The summed E-state index contributed by atoms with van der Waals surface area (Å²) in [6, 6.07) is -0.710. The molecule has 0 heterocycles. The average molecular weight is 955 g/mol. The number of unbranched alkanes of at least 4 members (excludes halogenated alkanes) is 35. The Morgan fingerprint density at radius 3 is 1.24 bits per heavy atom. The van der Waals surface area contributed by atoms with Gasteiger partial charge in [0.05, 0.1) is 25.2 Å². The van der Waals surface area contributed by atoms with Crippen LogP contribution in [0.2, 0.25) is 0 Å². The number of hydrogen-bond donors (Lipinski definition) is 3. The molecule has 3 atom stereocenters. The van der Waals surface area contributed by atoms with Gasteiger partial charge in [0.15, 0.2) is 0 Å². The van der Waals surface area contributed by atoms with Crippen molar-refractivity contribution >= 4 is 11.9 Å². The molecule has 0 saturated heterocycles. The van der Waals surface area contributed by atoms with Crippen molar-refractivity contribution in [2.75, 3.05) is 6.61 Å². The summed E-state index contributed by atoms with van der Waals surface area (Å²) in [7, 11) is 0. The Balaban J connectivity index is 4.57.